The summed E-state index contributed by atoms with van der Waals surface area (Å²) in [5, 5.41) is 0. The van der Waals surface area contributed by atoms with Gasteiger partial charge in [-0.2, -0.15) is 0 Å². The molecular formula is C5H9IO2. The molecule has 0 N–H and O–H groups in total. The lowest BCUT2D eigenvalue weighted by Gasteiger charge is -2.07. The Bertz CT molecular complexity index is 76.8. The van der Waals surface area contributed by atoms with E-state index >= 15 is 0 Å². The molecule has 1 saturated heterocycles. The van der Waals surface area contributed by atoms with E-state index < -0.39 is 0 Å². The standard InChI is InChI=1S/C5H9IO2/c1-7-5-3-8-2-4(5)6/h4-5H,2-3H2,1H3/t4-,5+/m0/s1. The smallest absolute Gasteiger partial charge is 0.0944 e. The summed E-state index contributed by atoms with van der Waals surface area (Å²) in [6, 6.07) is 0. The van der Waals surface area contributed by atoms with Crippen LogP contribution >= 0.6 is 22.6 Å². The van der Waals surface area contributed by atoms with Gasteiger partial charge in [0.15, 0.2) is 0 Å². The van der Waals surface area contributed by atoms with E-state index in [9.17, 15) is 0 Å². The van der Waals surface area contributed by atoms with Crippen molar-refractivity contribution in [2.24, 2.45) is 0 Å². The summed E-state index contributed by atoms with van der Waals surface area (Å²) in [6.07, 6.45) is 0.329. The lowest BCUT2D eigenvalue weighted by Crippen LogP contribution is -2.19. The summed E-state index contributed by atoms with van der Waals surface area (Å²) in [7, 11) is 1.73. The summed E-state index contributed by atoms with van der Waals surface area (Å²) < 4.78 is 10.8. The van der Waals surface area contributed by atoms with Gasteiger partial charge in [-0.1, -0.05) is 22.6 Å². The highest BCUT2D eigenvalue weighted by molar-refractivity contribution is 14.1. The monoisotopic (exact) mass is 228 g/mol. The molecule has 1 heterocycles. The number of hydrogen-bond acceptors (Lipinski definition) is 2. The topological polar surface area (TPSA) is 18.5 Å². The second-order valence-corrected chi connectivity index (χ2v) is 3.43. The predicted octanol–water partition coefficient (Wildman–Crippen LogP) is 0.835. The van der Waals surface area contributed by atoms with Gasteiger partial charge in [0.05, 0.1) is 23.2 Å². The molecule has 0 aliphatic carbocycles. The molecule has 0 bridgehead atoms. The maximum Gasteiger partial charge on any atom is 0.0944 e. The van der Waals surface area contributed by atoms with Crippen LogP contribution in [0.2, 0.25) is 0 Å². The van der Waals surface area contributed by atoms with Gasteiger partial charge in [-0.3, -0.25) is 0 Å². The fourth-order valence-electron chi connectivity index (χ4n) is 0.724. The minimum Gasteiger partial charge on any atom is -0.378 e. The highest BCUT2D eigenvalue weighted by Crippen LogP contribution is 2.16. The van der Waals surface area contributed by atoms with E-state index in [1.807, 2.05) is 0 Å². The molecular weight excluding hydrogens is 219 g/mol. The molecule has 0 aromatic carbocycles. The van der Waals surface area contributed by atoms with E-state index in [0.717, 1.165) is 13.2 Å². The van der Waals surface area contributed by atoms with Crippen molar-refractivity contribution in [3.63, 3.8) is 0 Å². The van der Waals surface area contributed by atoms with E-state index in [-0.39, 0.29) is 0 Å². The summed E-state index contributed by atoms with van der Waals surface area (Å²) in [6.45, 7) is 1.61. The molecule has 0 radical (unpaired) electrons. The average Bonchev–Trinajstić information content (AvgIpc) is 2.14. The van der Waals surface area contributed by atoms with Crippen LogP contribution < -0.4 is 0 Å². The first-order chi connectivity index (χ1) is 3.84. The number of halogens is 1. The van der Waals surface area contributed by atoms with E-state index in [1.54, 1.807) is 7.11 Å². The molecule has 8 heavy (non-hydrogen) atoms. The maximum absolute atomic E-state index is 5.13. The number of methoxy groups -OCH3 is 1. The van der Waals surface area contributed by atoms with Crippen molar-refractivity contribution in [1.29, 1.82) is 0 Å². The lowest BCUT2D eigenvalue weighted by molar-refractivity contribution is 0.0844. The van der Waals surface area contributed by atoms with Crippen LogP contribution in [0, 0.1) is 0 Å². The van der Waals surface area contributed by atoms with Crippen LogP contribution in [-0.2, 0) is 9.47 Å². The van der Waals surface area contributed by atoms with Crippen molar-refractivity contribution in [2.45, 2.75) is 10.0 Å². The molecule has 1 aliphatic rings. The average molecular weight is 228 g/mol. The van der Waals surface area contributed by atoms with Crippen molar-refractivity contribution in [2.75, 3.05) is 20.3 Å². The van der Waals surface area contributed by atoms with Crippen molar-refractivity contribution in [1.82, 2.24) is 0 Å². The molecule has 3 heteroatoms. The van der Waals surface area contributed by atoms with Gasteiger partial charge in [-0.05, 0) is 0 Å². The summed E-state index contributed by atoms with van der Waals surface area (Å²) in [5.74, 6) is 0. The molecule has 0 spiro atoms. The molecule has 2 atom stereocenters. The van der Waals surface area contributed by atoms with Crippen molar-refractivity contribution in [3.05, 3.63) is 0 Å². The molecule has 0 amide bonds. The Kier molecular flexibility index (Phi) is 2.52. The lowest BCUT2D eigenvalue weighted by atomic mass is 10.3. The normalized spacial score (nSPS) is 38.2. The Balaban J connectivity index is 2.30. The van der Waals surface area contributed by atoms with Gasteiger partial charge in [0, 0.05) is 7.11 Å². The fraction of sp³-hybridized carbons (Fsp3) is 1.00. The van der Waals surface area contributed by atoms with Gasteiger partial charge in [0.1, 0.15) is 0 Å². The number of hydrogen-bond donors (Lipinski definition) is 0. The van der Waals surface area contributed by atoms with Gasteiger partial charge >= 0.3 is 0 Å². The Morgan fingerprint density at radius 1 is 1.62 bits per heavy atom. The molecule has 0 saturated carbocycles. The largest absolute Gasteiger partial charge is 0.378 e. The Morgan fingerprint density at radius 3 is 2.62 bits per heavy atom. The molecule has 1 aliphatic heterocycles. The fourth-order valence-corrected chi connectivity index (χ4v) is 1.48. The van der Waals surface area contributed by atoms with Gasteiger partial charge in [0.25, 0.3) is 0 Å². The molecule has 2 nitrogen and oxygen atoms in total. The second-order valence-electron chi connectivity index (χ2n) is 1.83. The van der Waals surface area contributed by atoms with Crippen molar-refractivity contribution in [3.8, 4) is 0 Å². The van der Waals surface area contributed by atoms with Crippen LogP contribution in [0.1, 0.15) is 0 Å². The predicted molar refractivity (Wildman–Crippen MR) is 39.4 cm³/mol. The van der Waals surface area contributed by atoms with Crippen LogP contribution in [0.3, 0.4) is 0 Å². The zero-order valence-electron chi connectivity index (χ0n) is 4.76. The van der Waals surface area contributed by atoms with Gasteiger partial charge in [-0.25, -0.2) is 0 Å². The molecule has 0 aromatic heterocycles. The van der Waals surface area contributed by atoms with Crippen LogP contribution in [0.5, 0.6) is 0 Å². The van der Waals surface area contributed by atoms with E-state index in [4.69, 9.17) is 9.47 Å². The molecule has 0 unspecified atom stereocenters. The van der Waals surface area contributed by atoms with E-state index in [1.165, 1.54) is 0 Å². The summed E-state index contributed by atoms with van der Waals surface area (Å²) in [5.41, 5.74) is 0. The Hall–Kier alpha value is 0.650. The highest BCUT2D eigenvalue weighted by atomic mass is 127. The molecule has 48 valence electrons. The van der Waals surface area contributed by atoms with Crippen LogP contribution in [-0.4, -0.2) is 30.4 Å². The van der Waals surface area contributed by atoms with Crippen molar-refractivity contribution >= 4 is 22.6 Å². The van der Waals surface area contributed by atoms with Gasteiger partial charge < -0.3 is 9.47 Å². The molecule has 0 aromatic rings. The molecule has 1 rings (SSSR count). The summed E-state index contributed by atoms with van der Waals surface area (Å²) in [4.78, 5) is 0. The van der Waals surface area contributed by atoms with Gasteiger partial charge in [0.2, 0.25) is 0 Å². The first-order valence-corrected chi connectivity index (χ1v) is 3.83. The molecule has 1 fully saturated rings. The Labute approximate surface area is 62.7 Å². The second kappa shape index (κ2) is 2.98. The van der Waals surface area contributed by atoms with E-state index in [0.29, 0.717) is 10.0 Å². The first kappa shape index (κ1) is 6.77. The van der Waals surface area contributed by atoms with E-state index in [2.05, 4.69) is 22.6 Å². The van der Waals surface area contributed by atoms with Crippen LogP contribution in [0.25, 0.3) is 0 Å². The number of ether oxygens (including phenoxy) is 2. The minimum absolute atomic E-state index is 0.329. The maximum atomic E-state index is 5.13. The third kappa shape index (κ3) is 1.33. The van der Waals surface area contributed by atoms with Gasteiger partial charge in [-0.15, -0.1) is 0 Å². The first-order valence-electron chi connectivity index (χ1n) is 2.59. The van der Waals surface area contributed by atoms with Crippen molar-refractivity contribution < 1.29 is 9.47 Å². The summed E-state index contributed by atoms with van der Waals surface area (Å²) >= 11 is 2.34. The zero-order chi connectivity index (χ0) is 5.98. The minimum atomic E-state index is 0.329. The highest BCUT2D eigenvalue weighted by Gasteiger charge is 2.24. The zero-order valence-corrected chi connectivity index (χ0v) is 6.92. The SMILES string of the molecule is CO[C@@H]1COC[C@@H]1I. The third-order valence-electron chi connectivity index (χ3n) is 1.27. The Morgan fingerprint density at radius 2 is 2.38 bits per heavy atom. The van der Waals surface area contributed by atoms with Crippen LogP contribution in [0.4, 0.5) is 0 Å². The number of rotatable bonds is 1. The number of alkyl halides is 1. The van der Waals surface area contributed by atoms with Crippen LogP contribution in [0.15, 0.2) is 0 Å². The quantitative estimate of drug-likeness (QED) is 0.489. The third-order valence-corrected chi connectivity index (χ3v) is 2.43.